The van der Waals surface area contributed by atoms with Crippen LogP contribution in [0.15, 0.2) is 53.6 Å². The molecule has 11 heteroatoms. The Morgan fingerprint density at radius 2 is 1.88 bits per heavy atom. The maximum Gasteiger partial charge on any atom is 0.281 e. The molecule has 10 nitrogen and oxygen atoms in total. The van der Waals surface area contributed by atoms with Crippen LogP contribution >= 0.6 is 0 Å². The Balaban J connectivity index is 0.00000405. The Kier molecular flexibility index (Phi) is 7.35. The molecule has 1 saturated heterocycles. The minimum Gasteiger partial charge on any atom is -0.473 e. The number of amides is 1. The lowest BCUT2D eigenvalue weighted by atomic mass is 9.91. The third-order valence-corrected chi connectivity index (χ3v) is 8.47. The van der Waals surface area contributed by atoms with Gasteiger partial charge in [0.25, 0.3) is 15.9 Å². The minimum atomic E-state index is -4.31. The Bertz CT molecular complexity index is 1590. The summed E-state index contributed by atoms with van der Waals surface area (Å²) in [4.78, 5) is 24.7. The fourth-order valence-electron chi connectivity index (χ4n) is 5.25. The third kappa shape index (κ3) is 6.09. The summed E-state index contributed by atoms with van der Waals surface area (Å²) in [7, 11) is -4.31. The van der Waals surface area contributed by atoms with Crippen LogP contribution < -0.4 is 23.8 Å². The molecule has 3 aromatic rings. The van der Waals surface area contributed by atoms with Crippen molar-refractivity contribution >= 4 is 21.7 Å². The lowest BCUT2D eigenvalue weighted by Gasteiger charge is -2.34. The highest BCUT2D eigenvalue weighted by Crippen LogP contribution is 2.38. The van der Waals surface area contributed by atoms with E-state index in [0.717, 1.165) is 17.7 Å². The van der Waals surface area contributed by atoms with E-state index in [1.807, 2.05) is 26.8 Å². The Morgan fingerprint density at radius 1 is 1.12 bits per heavy atom. The molecular weight excluding hydrogens is 544 g/mol. The average molecular weight is 583 g/mol. The van der Waals surface area contributed by atoms with Crippen molar-refractivity contribution in [2.75, 3.05) is 18.2 Å². The zero-order valence-corrected chi connectivity index (χ0v) is 25.0. The van der Waals surface area contributed by atoms with Crippen molar-refractivity contribution in [3.05, 3.63) is 65.4 Å². The first-order valence-corrected chi connectivity index (χ1v) is 15.1. The number of hydrogen-bond acceptors (Lipinski definition) is 9. The number of carbonyl (C=O) groups is 1. The molecule has 220 valence electrons. The number of benzene rings is 1. The molecule has 0 bridgehead atoms. The van der Waals surface area contributed by atoms with Crippen molar-refractivity contribution in [2.24, 2.45) is 5.92 Å². The quantitative estimate of drug-likeness (QED) is 0.407. The molecule has 1 fully saturated rings. The van der Waals surface area contributed by atoms with Gasteiger partial charge in [-0.2, -0.15) is 13.4 Å². The normalized spacial score (nSPS) is 17.9. The van der Waals surface area contributed by atoms with Gasteiger partial charge in [0.15, 0.2) is 16.5 Å². The molecule has 0 aliphatic carbocycles. The van der Waals surface area contributed by atoms with E-state index in [2.05, 4.69) is 35.4 Å². The van der Waals surface area contributed by atoms with Gasteiger partial charge in [-0.1, -0.05) is 39.8 Å². The van der Waals surface area contributed by atoms with E-state index in [9.17, 15) is 13.2 Å². The molecule has 2 aromatic heterocycles. The van der Waals surface area contributed by atoms with Crippen LogP contribution in [0.25, 0.3) is 0 Å². The van der Waals surface area contributed by atoms with Crippen LogP contribution in [-0.2, 0) is 22.0 Å². The maximum absolute atomic E-state index is 13.5. The Morgan fingerprint density at radius 3 is 2.59 bits per heavy atom. The molecule has 1 unspecified atom stereocenters. The fourth-order valence-corrected chi connectivity index (χ4v) is 6.18. The first kappa shape index (κ1) is 28.7. The molecule has 4 heterocycles. The van der Waals surface area contributed by atoms with Gasteiger partial charge >= 0.3 is 0 Å². The summed E-state index contributed by atoms with van der Waals surface area (Å²) in [6.45, 7) is 13.5. The van der Waals surface area contributed by atoms with E-state index in [1.165, 1.54) is 12.1 Å². The topological polar surface area (TPSA) is 120 Å². The van der Waals surface area contributed by atoms with E-state index >= 15 is 0 Å². The zero-order chi connectivity index (χ0) is 29.6. The minimum absolute atomic E-state index is 0. The highest BCUT2D eigenvalue weighted by atomic mass is 32.2. The van der Waals surface area contributed by atoms with E-state index in [1.54, 1.807) is 30.3 Å². The second-order valence-electron chi connectivity index (χ2n) is 12.3. The summed E-state index contributed by atoms with van der Waals surface area (Å²) in [6, 6.07) is 13.2. The molecule has 0 saturated carbocycles. The maximum atomic E-state index is 13.5. The Labute approximate surface area is 242 Å². The molecule has 0 radical (unpaired) electrons. The Hall–Kier alpha value is -3.86. The van der Waals surface area contributed by atoms with Crippen molar-refractivity contribution < 1.29 is 28.8 Å². The molecule has 1 N–H and O–H groups in total. The van der Waals surface area contributed by atoms with Crippen molar-refractivity contribution in [1.82, 2.24) is 14.7 Å². The van der Waals surface area contributed by atoms with Gasteiger partial charge in [0, 0.05) is 30.7 Å². The number of aromatic nitrogens is 2. The fraction of sp³-hybridized carbons (Fsp3) is 0.433. The predicted molar refractivity (Wildman–Crippen MR) is 156 cm³/mol. The molecule has 1 aromatic carbocycles. The van der Waals surface area contributed by atoms with E-state index in [-0.39, 0.29) is 42.2 Å². The molecule has 1 amide bonds. The van der Waals surface area contributed by atoms with Crippen molar-refractivity contribution in [1.29, 1.82) is 0 Å². The smallest absolute Gasteiger partial charge is 0.281 e. The van der Waals surface area contributed by atoms with Gasteiger partial charge in [-0.15, -0.1) is 0 Å². The van der Waals surface area contributed by atoms with Gasteiger partial charge in [0.05, 0.1) is 5.56 Å². The summed E-state index contributed by atoms with van der Waals surface area (Å²) >= 11 is 0. The number of anilines is 1. The van der Waals surface area contributed by atoms with Crippen LogP contribution in [0.4, 0.5) is 5.82 Å². The zero-order valence-electron chi connectivity index (χ0n) is 24.2. The molecule has 2 aliphatic rings. The van der Waals surface area contributed by atoms with Crippen molar-refractivity contribution in [2.45, 2.75) is 70.6 Å². The molecular formula is C30H38N4O6S. The van der Waals surface area contributed by atoms with Gasteiger partial charge in [0.1, 0.15) is 12.4 Å². The molecule has 1 atom stereocenters. The first-order valence-electron chi connectivity index (χ1n) is 13.6. The first-order chi connectivity index (χ1) is 19.2. The van der Waals surface area contributed by atoms with Crippen LogP contribution in [0.1, 0.15) is 71.0 Å². The number of nitrogens with one attached hydrogen (secondary N) is 1. The molecule has 0 spiro atoms. The van der Waals surface area contributed by atoms with Crippen molar-refractivity contribution in [3.63, 3.8) is 0 Å². The van der Waals surface area contributed by atoms with E-state index in [4.69, 9.17) is 19.2 Å². The summed E-state index contributed by atoms with van der Waals surface area (Å²) in [5.41, 5.74) is 1.31. The van der Waals surface area contributed by atoms with Crippen LogP contribution in [0.2, 0.25) is 0 Å². The average Bonchev–Trinajstić information content (AvgIpc) is 3.48. The number of ether oxygens (including phenoxy) is 3. The van der Waals surface area contributed by atoms with E-state index in [0.29, 0.717) is 29.8 Å². The number of sulfonamides is 1. The van der Waals surface area contributed by atoms with Crippen molar-refractivity contribution in [3.8, 4) is 17.4 Å². The number of rotatable bonds is 7. The van der Waals surface area contributed by atoms with Gasteiger partial charge < -0.3 is 19.1 Å². The van der Waals surface area contributed by atoms with Crippen LogP contribution in [0, 0.1) is 5.92 Å². The van der Waals surface area contributed by atoms with Gasteiger partial charge in [0.2, 0.25) is 12.7 Å². The number of fused-ring (bicyclic) bond motifs is 1. The summed E-state index contributed by atoms with van der Waals surface area (Å²) in [6.07, 6.45) is 0.927. The lowest BCUT2D eigenvalue weighted by molar-refractivity contribution is 0.0981. The molecule has 5 rings (SSSR count). The number of hydrogen-bond donors (Lipinski definition) is 1. The lowest BCUT2D eigenvalue weighted by Crippen LogP contribution is -2.41. The molecule has 2 aliphatic heterocycles. The van der Waals surface area contributed by atoms with Crippen LogP contribution in [0.5, 0.6) is 17.4 Å². The van der Waals surface area contributed by atoms with Gasteiger partial charge in [-0.05, 0) is 62.1 Å². The van der Waals surface area contributed by atoms with Crippen LogP contribution in [0.3, 0.4) is 0 Å². The second kappa shape index (κ2) is 10.5. The third-order valence-electron chi connectivity index (χ3n) is 7.24. The summed E-state index contributed by atoms with van der Waals surface area (Å²) in [5, 5.41) is -0.329. The SMILES string of the molecule is CC1CN(c2nc(C(C)(C)C)ccc2C(=O)NS(=O)(=O)c2cccc(OCc3ccc4c(c3)OCO4)n2)C(C)(C)C1.[HH]. The molecule has 41 heavy (non-hydrogen) atoms. The summed E-state index contributed by atoms with van der Waals surface area (Å²) < 4.78 is 45.2. The number of pyridine rings is 2. The standard InChI is InChI=1S/C30H36N4O6S.H2/c1-19-15-30(5,6)34(16-19)27-21(11-13-24(31-27)29(2,3)4)28(35)33-41(36,37)26-9-7-8-25(32-26)38-17-20-10-12-22-23(14-20)40-18-39-22;/h7-14,19H,15-18H2,1-6H3,(H,33,35);1H. The van der Waals surface area contributed by atoms with E-state index < -0.39 is 15.9 Å². The monoisotopic (exact) mass is 582 g/mol. The highest BCUT2D eigenvalue weighted by molar-refractivity contribution is 7.90. The summed E-state index contributed by atoms with van der Waals surface area (Å²) in [5.74, 6) is 1.49. The van der Waals surface area contributed by atoms with Crippen LogP contribution in [-0.4, -0.2) is 43.2 Å². The highest BCUT2D eigenvalue weighted by Gasteiger charge is 2.39. The number of nitrogens with zero attached hydrogens (tertiary/aromatic N) is 3. The van der Waals surface area contributed by atoms with Gasteiger partial charge in [-0.25, -0.2) is 9.71 Å². The number of carbonyl (C=O) groups excluding carboxylic acids is 1. The van der Waals surface area contributed by atoms with Gasteiger partial charge in [-0.3, -0.25) is 4.79 Å². The second-order valence-corrected chi connectivity index (χ2v) is 13.9. The predicted octanol–water partition coefficient (Wildman–Crippen LogP) is 5.07. The largest absolute Gasteiger partial charge is 0.473 e.